The number of likely N-dealkylation sites (N-methyl/N-ethyl adjacent to an activating group) is 1. The van der Waals surface area contributed by atoms with Crippen molar-refractivity contribution in [3.63, 3.8) is 0 Å². The SMILES string of the molecule is CNC(=O)C(=O)NCCCCC=CCCCCCCCCCS(=O)(=O)[O-].[Na+]. The van der Waals surface area contributed by atoms with Gasteiger partial charge in [0.2, 0.25) is 0 Å². The molecule has 0 saturated heterocycles. The number of nitrogens with one attached hydrogen (secondary N) is 2. The van der Waals surface area contributed by atoms with Gasteiger partial charge >= 0.3 is 41.4 Å². The van der Waals surface area contributed by atoms with E-state index in [2.05, 4.69) is 22.8 Å². The average molecular weight is 413 g/mol. The Labute approximate surface area is 186 Å². The fourth-order valence-corrected chi connectivity index (χ4v) is 3.00. The first kappa shape index (κ1) is 28.8. The number of carbonyl (C=O) groups excluding carboxylic acids is 2. The summed E-state index contributed by atoms with van der Waals surface area (Å²) in [7, 11) is -2.61. The van der Waals surface area contributed by atoms with E-state index in [4.69, 9.17) is 0 Å². The van der Waals surface area contributed by atoms with Crippen LogP contribution in [0.2, 0.25) is 0 Å². The topological polar surface area (TPSA) is 115 Å². The predicted molar refractivity (Wildman–Crippen MR) is 102 cm³/mol. The molecule has 2 amide bonds. The van der Waals surface area contributed by atoms with Gasteiger partial charge < -0.3 is 15.2 Å². The summed E-state index contributed by atoms with van der Waals surface area (Å²) in [6.07, 6.45) is 15.0. The molecule has 0 atom stereocenters. The summed E-state index contributed by atoms with van der Waals surface area (Å²) in [4.78, 5) is 22.1. The smallest absolute Gasteiger partial charge is 0.748 e. The second-order valence-electron chi connectivity index (χ2n) is 6.33. The summed E-state index contributed by atoms with van der Waals surface area (Å²) in [5.41, 5.74) is 0. The number of rotatable bonds is 15. The van der Waals surface area contributed by atoms with Crippen LogP contribution in [-0.4, -0.2) is 44.1 Å². The summed E-state index contributed by atoms with van der Waals surface area (Å²) < 4.78 is 31.3. The number of hydrogen-bond acceptors (Lipinski definition) is 5. The monoisotopic (exact) mass is 412 g/mol. The van der Waals surface area contributed by atoms with E-state index < -0.39 is 21.9 Å². The molecule has 0 spiro atoms. The molecule has 0 radical (unpaired) electrons. The maximum atomic E-state index is 11.2. The van der Waals surface area contributed by atoms with Gasteiger partial charge in [-0.1, -0.05) is 44.3 Å². The predicted octanol–water partition coefficient (Wildman–Crippen LogP) is -0.755. The van der Waals surface area contributed by atoms with Crippen molar-refractivity contribution in [1.29, 1.82) is 0 Å². The third kappa shape index (κ3) is 21.7. The van der Waals surface area contributed by atoms with Crippen LogP contribution in [0.3, 0.4) is 0 Å². The quantitative estimate of drug-likeness (QED) is 0.121. The van der Waals surface area contributed by atoms with Crippen LogP contribution in [-0.2, 0) is 19.7 Å². The number of allylic oxidation sites excluding steroid dienone is 2. The minimum atomic E-state index is -4.04. The Hall–Kier alpha value is -0.410. The van der Waals surface area contributed by atoms with Gasteiger partial charge in [-0.25, -0.2) is 8.42 Å². The van der Waals surface area contributed by atoms with E-state index in [1.54, 1.807) is 0 Å². The van der Waals surface area contributed by atoms with Gasteiger partial charge in [-0.2, -0.15) is 0 Å². The van der Waals surface area contributed by atoms with E-state index in [1.165, 1.54) is 7.05 Å². The number of hydrogen-bond donors (Lipinski definition) is 2. The largest absolute Gasteiger partial charge is 1.00 e. The summed E-state index contributed by atoms with van der Waals surface area (Å²) >= 11 is 0. The second-order valence-corrected chi connectivity index (χ2v) is 7.85. The number of carbonyl (C=O) groups is 2. The van der Waals surface area contributed by atoms with Crippen molar-refractivity contribution in [1.82, 2.24) is 10.6 Å². The fourth-order valence-electron chi connectivity index (χ4n) is 2.44. The molecule has 27 heavy (non-hydrogen) atoms. The molecule has 0 rings (SSSR count). The first-order valence-electron chi connectivity index (χ1n) is 9.45. The molecule has 152 valence electrons. The van der Waals surface area contributed by atoms with E-state index in [1.807, 2.05) is 0 Å². The number of amides is 2. The molecule has 0 bridgehead atoms. The summed E-state index contributed by atoms with van der Waals surface area (Å²) in [6, 6.07) is 0. The standard InChI is InChI=1S/C18H34N2O5S.Na/c1-19-17(21)18(22)20-15-13-11-9-7-5-3-2-4-6-8-10-12-14-16-26(23,24)25;/h5,7H,2-4,6,8-16H2,1H3,(H,19,21)(H,20,22)(H,23,24,25);/q;+1/p-1. The Balaban J connectivity index is 0. The molecule has 7 nitrogen and oxygen atoms in total. The van der Waals surface area contributed by atoms with E-state index >= 15 is 0 Å². The molecule has 0 heterocycles. The van der Waals surface area contributed by atoms with Gasteiger partial charge in [-0.05, 0) is 38.5 Å². The van der Waals surface area contributed by atoms with Crippen molar-refractivity contribution in [3.05, 3.63) is 12.2 Å². The van der Waals surface area contributed by atoms with Gasteiger partial charge in [-0.3, -0.25) is 9.59 Å². The van der Waals surface area contributed by atoms with Gasteiger partial charge in [-0.15, -0.1) is 0 Å². The van der Waals surface area contributed by atoms with E-state index in [9.17, 15) is 22.6 Å². The van der Waals surface area contributed by atoms with Crippen LogP contribution in [0.15, 0.2) is 12.2 Å². The Kier molecular flexibility index (Phi) is 20.2. The maximum Gasteiger partial charge on any atom is 1.00 e. The van der Waals surface area contributed by atoms with Crippen molar-refractivity contribution in [3.8, 4) is 0 Å². The molecule has 0 aliphatic heterocycles. The molecule has 0 saturated carbocycles. The van der Waals surface area contributed by atoms with Gasteiger partial charge in [0.05, 0.1) is 10.1 Å². The van der Waals surface area contributed by atoms with Crippen molar-refractivity contribution in [2.24, 2.45) is 0 Å². The Morgan fingerprint density at radius 1 is 0.815 bits per heavy atom. The first-order valence-corrected chi connectivity index (χ1v) is 11.0. The van der Waals surface area contributed by atoms with E-state index in [-0.39, 0.29) is 35.3 Å². The average Bonchev–Trinajstić information content (AvgIpc) is 2.59. The van der Waals surface area contributed by atoms with Crippen LogP contribution < -0.4 is 40.2 Å². The molecule has 0 fully saturated rings. The summed E-state index contributed by atoms with van der Waals surface area (Å²) in [6.45, 7) is 0.515. The maximum absolute atomic E-state index is 11.2. The van der Waals surface area contributed by atoms with Crippen molar-refractivity contribution >= 4 is 21.9 Å². The zero-order valence-corrected chi connectivity index (χ0v) is 19.6. The third-order valence-corrected chi connectivity index (χ3v) is 4.74. The Morgan fingerprint density at radius 3 is 1.81 bits per heavy atom. The van der Waals surface area contributed by atoms with Crippen LogP contribution in [0.5, 0.6) is 0 Å². The molecule has 0 aliphatic rings. The van der Waals surface area contributed by atoms with Crippen LogP contribution in [0.1, 0.15) is 70.6 Å². The Bertz CT molecular complexity index is 524. The van der Waals surface area contributed by atoms with Gasteiger partial charge in [0.15, 0.2) is 0 Å². The molecule has 0 aromatic rings. The molecule has 0 aliphatic carbocycles. The second kappa shape index (κ2) is 18.9. The zero-order valence-electron chi connectivity index (χ0n) is 16.8. The van der Waals surface area contributed by atoms with Crippen molar-refractivity contribution in [2.45, 2.75) is 70.6 Å². The van der Waals surface area contributed by atoms with Gasteiger partial charge in [0, 0.05) is 19.3 Å². The Morgan fingerprint density at radius 2 is 1.30 bits per heavy atom. The molecular weight excluding hydrogens is 379 g/mol. The van der Waals surface area contributed by atoms with E-state index in [0.29, 0.717) is 13.0 Å². The summed E-state index contributed by atoms with van der Waals surface area (Å²) in [5, 5.41) is 4.84. The first-order chi connectivity index (χ1) is 12.4. The molecular formula is C18H33N2NaO5S. The van der Waals surface area contributed by atoms with Crippen LogP contribution in [0, 0.1) is 0 Å². The summed E-state index contributed by atoms with van der Waals surface area (Å²) in [5.74, 6) is -1.43. The van der Waals surface area contributed by atoms with Crippen LogP contribution >= 0.6 is 0 Å². The van der Waals surface area contributed by atoms with E-state index in [0.717, 1.165) is 64.2 Å². The zero-order chi connectivity index (χ0) is 19.7. The van der Waals surface area contributed by atoms with Crippen molar-refractivity contribution in [2.75, 3.05) is 19.3 Å². The third-order valence-electron chi connectivity index (χ3n) is 3.95. The molecule has 9 heteroatoms. The number of unbranched alkanes of at least 4 members (excludes halogenated alkanes) is 9. The molecule has 0 aromatic carbocycles. The van der Waals surface area contributed by atoms with Gasteiger partial charge in [0.1, 0.15) is 0 Å². The van der Waals surface area contributed by atoms with Gasteiger partial charge in [0.25, 0.3) is 0 Å². The minimum absolute atomic E-state index is 0. The molecule has 0 unspecified atom stereocenters. The normalized spacial score (nSPS) is 11.2. The van der Waals surface area contributed by atoms with Crippen LogP contribution in [0.25, 0.3) is 0 Å². The molecule has 2 N–H and O–H groups in total. The minimum Gasteiger partial charge on any atom is -0.748 e. The fraction of sp³-hybridized carbons (Fsp3) is 0.778. The molecule has 0 aromatic heterocycles. The van der Waals surface area contributed by atoms with Crippen LogP contribution in [0.4, 0.5) is 0 Å². The van der Waals surface area contributed by atoms with Crippen molar-refractivity contribution < 1.29 is 52.1 Å².